The summed E-state index contributed by atoms with van der Waals surface area (Å²) in [6.45, 7) is 6.31. The molecular formula is C17H25NO3S. The molecule has 1 aliphatic rings. The van der Waals surface area contributed by atoms with Crippen LogP contribution in [0.4, 0.5) is 0 Å². The van der Waals surface area contributed by atoms with Crippen LogP contribution in [0.15, 0.2) is 24.3 Å². The molecule has 0 unspecified atom stereocenters. The van der Waals surface area contributed by atoms with Gasteiger partial charge in [0.05, 0.1) is 11.5 Å². The van der Waals surface area contributed by atoms with Gasteiger partial charge in [-0.15, -0.1) is 0 Å². The summed E-state index contributed by atoms with van der Waals surface area (Å²) >= 11 is 0. The Hall–Kier alpha value is -1.36. The Balaban J connectivity index is 2.19. The molecular weight excluding hydrogens is 298 g/mol. The third-order valence-electron chi connectivity index (χ3n) is 4.21. The third-order valence-corrected chi connectivity index (χ3v) is 5.96. The highest BCUT2D eigenvalue weighted by atomic mass is 32.2. The first-order valence-corrected chi connectivity index (χ1v) is 9.73. The number of carbonyl (C=O) groups is 1. The fourth-order valence-corrected chi connectivity index (χ4v) is 4.55. The van der Waals surface area contributed by atoms with Gasteiger partial charge in [0.25, 0.3) is 0 Å². The summed E-state index contributed by atoms with van der Waals surface area (Å²) in [5, 5.41) is 0. The predicted molar refractivity (Wildman–Crippen MR) is 88.3 cm³/mol. The average molecular weight is 323 g/mol. The highest BCUT2D eigenvalue weighted by Crippen LogP contribution is 2.22. The van der Waals surface area contributed by atoms with Crippen molar-refractivity contribution in [1.82, 2.24) is 4.90 Å². The number of hydrogen-bond acceptors (Lipinski definition) is 3. The van der Waals surface area contributed by atoms with Crippen molar-refractivity contribution in [2.24, 2.45) is 5.92 Å². The first-order chi connectivity index (χ1) is 10.3. The molecule has 0 aliphatic carbocycles. The number of rotatable bonds is 5. The van der Waals surface area contributed by atoms with Crippen LogP contribution in [0.25, 0.3) is 0 Å². The van der Waals surface area contributed by atoms with E-state index in [0.717, 1.165) is 12.0 Å². The molecule has 0 saturated carbocycles. The molecule has 1 fully saturated rings. The minimum Gasteiger partial charge on any atom is -0.334 e. The smallest absolute Gasteiger partial charge is 0.225 e. The maximum Gasteiger partial charge on any atom is 0.225 e. The summed E-state index contributed by atoms with van der Waals surface area (Å²) < 4.78 is 23.5. The molecule has 0 aromatic heterocycles. The minimum atomic E-state index is -3.00. The van der Waals surface area contributed by atoms with Crippen LogP contribution < -0.4 is 0 Å². The van der Waals surface area contributed by atoms with E-state index in [1.165, 1.54) is 5.56 Å². The van der Waals surface area contributed by atoms with Crippen molar-refractivity contribution in [2.45, 2.75) is 46.2 Å². The lowest BCUT2D eigenvalue weighted by Crippen LogP contribution is -2.42. The van der Waals surface area contributed by atoms with Crippen molar-refractivity contribution < 1.29 is 13.2 Å². The van der Waals surface area contributed by atoms with Crippen molar-refractivity contribution in [3.05, 3.63) is 35.4 Å². The number of aryl methyl sites for hydroxylation is 1. The second-order valence-electron chi connectivity index (χ2n) is 6.35. The number of benzene rings is 1. The molecule has 1 saturated heterocycles. The molecule has 4 nitrogen and oxygen atoms in total. The zero-order valence-electron chi connectivity index (χ0n) is 13.6. The standard InChI is InChI=1S/C17H25NO3S/c1-4-14-5-7-15(8-6-14)11-18(17(19)13(2)3)16-9-10-22(20,21)12-16/h5-8,13,16H,4,9-12H2,1-3H3/t16-/m0/s1. The summed E-state index contributed by atoms with van der Waals surface area (Å²) in [6.07, 6.45) is 1.53. The summed E-state index contributed by atoms with van der Waals surface area (Å²) in [5.41, 5.74) is 2.31. The van der Waals surface area contributed by atoms with Crippen molar-refractivity contribution in [2.75, 3.05) is 11.5 Å². The van der Waals surface area contributed by atoms with E-state index in [1.807, 2.05) is 26.0 Å². The maximum absolute atomic E-state index is 12.5. The number of amides is 1. The van der Waals surface area contributed by atoms with Gasteiger partial charge in [-0.25, -0.2) is 8.42 Å². The van der Waals surface area contributed by atoms with Crippen molar-refractivity contribution in [3.63, 3.8) is 0 Å². The van der Waals surface area contributed by atoms with E-state index in [2.05, 4.69) is 19.1 Å². The van der Waals surface area contributed by atoms with Crippen LogP contribution in [-0.4, -0.2) is 36.8 Å². The van der Waals surface area contributed by atoms with Gasteiger partial charge in [0.1, 0.15) is 0 Å². The molecule has 0 bridgehead atoms. The predicted octanol–water partition coefficient (Wildman–Crippen LogP) is 2.42. The fourth-order valence-electron chi connectivity index (χ4n) is 2.82. The number of hydrogen-bond donors (Lipinski definition) is 0. The van der Waals surface area contributed by atoms with Gasteiger partial charge < -0.3 is 4.90 Å². The molecule has 1 heterocycles. The van der Waals surface area contributed by atoms with Gasteiger partial charge in [-0.05, 0) is 24.0 Å². The topological polar surface area (TPSA) is 54.5 Å². The third kappa shape index (κ3) is 4.09. The van der Waals surface area contributed by atoms with Crippen molar-refractivity contribution in [3.8, 4) is 0 Å². The second kappa shape index (κ2) is 6.82. The fraction of sp³-hybridized carbons (Fsp3) is 0.588. The summed E-state index contributed by atoms with van der Waals surface area (Å²) in [4.78, 5) is 14.3. The van der Waals surface area contributed by atoms with E-state index >= 15 is 0 Å². The summed E-state index contributed by atoms with van der Waals surface area (Å²) in [6, 6.07) is 8.01. The van der Waals surface area contributed by atoms with E-state index in [9.17, 15) is 13.2 Å². The van der Waals surface area contributed by atoms with Gasteiger partial charge in [-0.3, -0.25) is 4.79 Å². The first-order valence-electron chi connectivity index (χ1n) is 7.91. The largest absolute Gasteiger partial charge is 0.334 e. The first kappa shape index (κ1) is 17.0. The van der Waals surface area contributed by atoms with E-state index in [0.29, 0.717) is 13.0 Å². The molecule has 1 aromatic rings. The monoisotopic (exact) mass is 323 g/mol. The van der Waals surface area contributed by atoms with E-state index in [-0.39, 0.29) is 29.4 Å². The number of carbonyl (C=O) groups excluding carboxylic acids is 1. The molecule has 1 atom stereocenters. The normalized spacial score (nSPS) is 20.3. The van der Waals surface area contributed by atoms with Gasteiger partial charge in [0.2, 0.25) is 5.91 Å². The van der Waals surface area contributed by atoms with Crippen LogP contribution >= 0.6 is 0 Å². The Morgan fingerprint density at radius 2 is 1.82 bits per heavy atom. The molecule has 1 aliphatic heterocycles. The molecule has 5 heteroatoms. The Labute approximate surface area is 133 Å². The quantitative estimate of drug-likeness (QED) is 0.836. The van der Waals surface area contributed by atoms with Gasteiger partial charge in [-0.1, -0.05) is 45.0 Å². The molecule has 2 rings (SSSR count). The van der Waals surface area contributed by atoms with E-state index in [4.69, 9.17) is 0 Å². The van der Waals surface area contributed by atoms with Crippen molar-refractivity contribution in [1.29, 1.82) is 0 Å². The Morgan fingerprint density at radius 3 is 2.27 bits per heavy atom. The van der Waals surface area contributed by atoms with E-state index < -0.39 is 9.84 Å². The molecule has 0 radical (unpaired) electrons. The lowest BCUT2D eigenvalue weighted by molar-refractivity contribution is -0.137. The molecule has 0 N–H and O–H groups in total. The summed E-state index contributed by atoms with van der Waals surface area (Å²) in [5.74, 6) is 0.187. The van der Waals surface area contributed by atoms with E-state index in [1.54, 1.807) is 4.90 Å². The Kier molecular flexibility index (Phi) is 5.27. The lowest BCUT2D eigenvalue weighted by Gasteiger charge is -2.30. The van der Waals surface area contributed by atoms with Crippen LogP contribution in [0.1, 0.15) is 38.3 Å². The van der Waals surface area contributed by atoms with Gasteiger partial charge in [-0.2, -0.15) is 0 Å². The van der Waals surface area contributed by atoms with Crippen LogP contribution in [0.3, 0.4) is 0 Å². The van der Waals surface area contributed by atoms with Crippen LogP contribution in [0, 0.1) is 5.92 Å². The Morgan fingerprint density at radius 1 is 1.23 bits per heavy atom. The molecule has 1 amide bonds. The lowest BCUT2D eigenvalue weighted by atomic mass is 10.1. The van der Waals surface area contributed by atoms with Crippen molar-refractivity contribution >= 4 is 15.7 Å². The highest BCUT2D eigenvalue weighted by Gasteiger charge is 2.35. The zero-order chi connectivity index (χ0) is 16.3. The number of nitrogens with zero attached hydrogens (tertiary/aromatic N) is 1. The molecule has 22 heavy (non-hydrogen) atoms. The molecule has 0 spiro atoms. The zero-order valence-corrected chi connectivity index (χ0v) is 14.4. The minimum absolute atomic E-state index is 0.0293. The Bertz CT molecular complexity index is 620. The van der Waals surface area contributed by atoms with Gasteiger partial charge in [0, 0.05) is 18.5 Å². The molecule has 1 aromatic carbocycles. The number of sulfone groups is 1. The van der Waals surface area contributed by atoms with Crippen LogP contribution in [0.5, 0.6) is 0 Å². The summed E-state index contributed by atoms with van der Waals surface area (Å²) in [7, 11) is -3.00. The average Bonchev–Trinajstić information content (AvgIpc) is 2.84. The highest BCUT2D eigenvalue weighted by molar-refractivity contribution is 7.91. The van der Waals surface area contributed by atoms with Crippen LogP contribution in [-0.2, 0) is 27.6 Å². The molecule has 122 valence electrons. The van der Waals surface area contributed by atoms with Crippen LogP contribution in [0.2, 0.25) is 0 Å². The van der Waals surface area contributed by atoms with Gasteiger partial charge >= 0.3 is 0 Å². The second-order valence-corrected chi connectivity index (χ2v) is 8.58. The maximum atomic E-state index is 12.5. The van der Waals surface area contributed by atoms with Gasteiger partial charge in [0.15, 0.2) is 9.84 Å². The SMILES string of the molecule is CCc1ccc(CN(C(=O)C(C)C)[C@H]2CCS(=O)(=O)C2)cc1.